The van der Waals surface area contributed by atoms with Crippen LogP contribution in [-0.2, 0) is 6.54 Å². The molecule has 1 heterocycles. The van der Waals surface area contributed by atoms with Crippen molar-refractivity contribution in [3.05, 3.63) is 28.8 Å². The van der Waals surface area contributed by atoms with E-state index in [1.807, 2.05) is 13.1 Å². The third-order valence-corrected chi connectivity index (χ3v) is 3.24. The van der Waals surface area contributed by atoms with Gasteiger partial charge in [0.05, 0.1) is 0 Å². The average Bonchev–Trinajstić information content (AvgIpc) is 2.08. The molecule has 0 aromatic heterocycles. The minimum absolute atomic E-state index is 0.279. The van der Waals surface area contributed by atoms with Crippen molar-refractivity contribution >= 4 is 11.6 Å². The molecule has 1 fully saturated rings. The third kappa shape index (κ3) is 2.25. The van der Waals surface area contributed by atoms with Crippen molar-refractivity contribution < 1.29 is 5.11 Å². The second-order valence-corrected chi connectivity index (χ2v) is 4.37. The van der Waals surface area contributed by atoms with Crippen LogP contribution in [-0.4, -0.2) is 36.2 Å². The van der Waals surface area contributed by atoms with Crippen LogP contribution in [0, 0.1) is 0 Å². The molecule has 0 spiro atoms. The molecule has 3 nitrogen and oxygen atoms in total. The maximum atomic E-state index is 9.69. The molecular formula is C11H15ClN2O. The first-order chi connectivity index (χ1) is 7.18. The van der Waals surface area contributed by atoms with Gasteiger partial charge in [-0.2, -0.15) is 0 Å². The smallest absolute Gasteiger partial charge is 0.121 e. The Morgan fingerprint density at radius 2 is 2.27 bits per heavy atom. The first-order valence-electron chi connectivity index (χ1n) is 5.06. The molecule has 4 heteroatoms. The Kier molecular flexibility index (Phi) is 3.14. The van der Waals surface area contributed by atoms with Gasteiger partial charge in [0.25, 0.3) is 0 Å². The van der Waals surface area contributed by atoms with Gasteiger partial charge in [-0.1, -0.05) is 17.7 Å². The highest BCUT2D eigenvalue weighted by molar-refractivity contribution is 6.31. The second kappa shape index (κ2) is 4.39. The summed E-state index contributed by atoms with van der Waals surface area (Å²) in [6.45, 7) is 2.72. The number of benzene rings is 1. The van der Waals surface area contributed by atoms with Crippen molar-refractivity contribution in [3.63, 3.8) is 0 Å². The minimum atomic E-state index is 0.279. The highest BCUT2D eigenvalue weighted by atomic mass is 35.5. The number of halogens is 1. The number of rotatable bonds is 3. The molecule has 1 saturated heterocycles. The number of phenolic OH excluding ortho intramolecular Hbond substituents is 1. The largest absolute Gasteiger partial charge is 0.508 e. The van der Waals surface area contributed by atoms with E-state index >= 15 is 0 Å². The number of nitrogens with zero attached hydrogens (tertiary/aromatic N) is 1. The summed E-state index contributed by atoms with van der Waals surface area (Å²) in [4.78, 5) is 2.21. The van der Waals surface area contributed by atoms with Crippen molar-refractivity contribution in [1.82, 2.24) is 10.2 Å². The lowest BCUT2D eigenvalue weighted by Gasteiger charge is -2.35. The van der Waals surface area contributed by atoms with E-state index in [1.54, 1.807) is 12.1 Å². The summed E-state index contributed by atoms with van der Waals surface area (Å²) in [5, 5.41) is 13.5. The van der Waals surface area contributed by atoms with Gasteiger partial charge in [-0.15, -0.1) is 0 Å². The maximum absolute atomic E-state index is 9.69. The summed E-state index contributed by atoms with van der Waals surface area (Å²) < 4.78 is 0. The average molecular weight is 227 g/mol. The van der Waals surface area contributed by atoms with Crippen LogP contribution >= 0.6 is 11.6 Å². The van der Waals surface area contributed by atoms with Crippen LogP contribution in [0.25, 0.3) is 0 Å². The van der Waals surface area contributed by atoms with Gasteiger partial charge < -0.3 is 10.4 Å². The van der Waals surface area contributed by atoms with Gasteiger partial charge in [-0.25, -0.2) is 0 Å². The van der Waals surface area contributed by atoms with Gasteiger partial charge in [0, 0.05) is 36.3 Å². The van der Waals surface area contributed by atoms with Crippen molar-refractivity contribution in [2.24, 2.45) is 0 Å². The van der Waals surface area contributed by atoms with Crippen molar-refractivity contribution in [3.8, 4) is 5.75 Å². The van der Waals surface area contributed by atoms with E-state index in [0.29, 0.717) is 17.6 Å². The fourth-order valence-corrected chi connectivity index (χ4v) is 1.90. The van der Waals surface area contributed by atoms with E-state index in [-0.39, 0.29) is 5.75 Å². The van der Waals surface area contributed by atoms with Crippen LogP contribution in [0.4, 0.5) is 0 Å². The Morgan fingerprint density at radius 3 is 2.80 bits per heavy atom. The monoisotopic (exact) mass is 226 g/mol. The molecule has 0 amide bonds. The number of hydrogen-bond donors (Lipinski definition) is 2. The zero-order valence-corrected chi connectivity index (χ0v) is 9.46. The Morgan fingerprint density at radius 1 is 1.53 bits per heavy atom. The molecule has 0 saturated carbocycles. The van der Waals surface area contributed by atoms with Crippen LogP contribution < -0.4 is 5.32 Å². The fraction of sp³-hybridized carbons (Fsp3) is 0.455. The molecule has 15 heavy (non-hydrogen) atoms. The Labute approximate surface area is 94.7 Å². The maximum Gasteiger partial charge on any atom is 0.121 e. The van der Waals surface area contributed by atoms with Crippen LogP contribution in [0.5, 0.6) is 5.75 Å². The predicted molar refractivity (Wildman–Crippen MR) is 61.2 cm³/mol. The van der Waals surface area contributed by atoms with Crippen LogP contribution in [0.2, 0.25) is 5.02 Å². The van der Waals surface area contributed by atoms with E-state index in [1.165, 1.54) is 0 Å². The van der Waals surface area contributed by atoms with Crippen LogP contribution in [0.1, 0.15) is 5.56 Å². The van der Waals surface area contributed by atoms with E-state index in [4.69, 9.17) is 11.6 Å². The summed E-state index contributed by atoms with van der Waals surface area (Å²) in [5.41, 5.74) is 0.813. The van der Waals surface area contributed by atoms with Gasteiger partial charge >= 0.3 is 0 Å². The SMILES string of the molecule is CN(Cc1c(O)cccc1Cl)C1CNC1. The molecule has 1 aromatic carbocycles. The molecule has 0 aliphatic carbocycles. The molecule has 0 bridgehead atoms. The van der Waals surface area contributed by atoms with E-state index in [9.17, 15) is 5.11 Å². The topological polar surface area (TPSA) is 35.5 Å². The molecule has 1 aliphatic rings. The number of aromatic hydroxyl groups is 1. The molecular weight excluding hydrogens is 212 g/mol. The highest BCUT2D eigenvalue weighted by Crippen LogP contribution is 2.26. The Hall–Kier alpha value is -0.770. The van der Waals surface area contributed by atoms with Gasteiger partial charge in [0.15, 0.2) is 0 Å². The minimum Gasteiger partial charge on any atom is -0.508 e. The molecule has 0 atom stereocenters. The van der Waals surface area contributed by atoms with Crippen LogP contribution in [0.15, 0.2) is 18.2 Å². The van der Waals surface area contributed by atoms with Gasteiger partial charge in [0.1, 0.15) is 5.75 Å². The first kappa shape index (κ1) is 10.7. The molecule has 2 rings (SSSR count). The van der Waals surface area contributed by atoms with E-state index < -0.39 is 0 Å². The lowest BCUT2D eigenvalue weighted by Crippen LogP contribution is -2.55. The van der Waals surface area contributed by atoms with Gasteiger partial charge in [-0.3, -0.25) is 4.90 Å². The number of hydrogen-bond acceptors (Lipinski definition) is 3. The van der Waals surface area contributed by atoms with E-state index in [2.05, 4.69) is 10.2 Å². The van der Waals surface area contributed by atoms with Crippen LogP contribution in [0.3, 0.4) is 0 Å². The summed E-state index contributed by atoms with van der Waals surface area (Å²) >= 11 is 6.04. The molecule has 1 aromatic rings. The molecule has 82 valence electrons. The normalized spacial score (nSPS) is 16.7. The predicted octanol–water partition coefficient (Wildman–Crippen LogP) is 1.45. The van der Waals surface area contributed by atoms with Crippen molar-refractivity contribution in [1.29, 1.82) is 0 Å². The van der Waals surface area contributed by atoms with E-state index in [0.717, 1.165) is 18.7 Å². The first-order valence-corrected chi connectivity index (χ1v) is 5.43. The van der Waals surface area contributed by atoms with Gasteiger partial charge in [-0.05, 0) is 19.2 Å². The number of phenols is 1. The molecule has 0 radical (unpaired) electrons. The van der Waals surface area contributed by atoms with Gasteiger partial charge in [0.2, 0.25) is 0 Å². The van der Waals surface area contributed by atoms with Crippen molar-refractivity contribution in [2.45, 2.75) is 12.6 Å². The Balaban J connectivity index is 2.09. The van der Waals surface area contributed by atoms with Crippen molar-refractivity contribution in [2.75, 3.05) is 20.1 Å². The summed E-state index contributed by atoms with van der Waals surface area (Å²) in [5.74, 6) is 0.279. The lowest BCUT2D eigenvalue weighted by atomic mass is 10.1. The molecule has 2 N–H and O–H groups in total. The summed E-state index contributed by atoms with van der Waals surface area (Å²) in [6, 6.07) is 5.80. The summed E-state index contributed by atoms with van der Waals surface area (Å²) in [6.07, 6.45) is 0. The standard InChI is InChI=1S/C11H15ClN2O/c1-14(8-5-13-6-8)7-9-10(12)3-2-4-11(9)15/h2-4,8,13,15H,5-7H2,1H3. The second-order valence-electron chi connectivity index (χ2n) is 3.96. The third-order valence-electron chi connectivity index (χ3n) is 2.88. The Bertz CT molecular complexity index is 332. The fourth-order valence-electron chi connectivity index (χ4n) is 1.67. The number of likely N-dealkylation sites (N-methyl/N-ethyl adjacent to an activating group) is 1. The zero-order valence-electron chi connectivity index (χ0n) is 8.70. The quantitative estimate of drug-likeness (QED) is 0.819. The highest BCUT2D eigenvalue weighted by Gasteiger charge is 2.22. The molecule has 0 unspecified atom stereocenters. The molecule has 1 aliphatic heterocycles. The summed E-state index contributed by atoms with van der Waals surface area (Å²) in [7, 11) is 2.05. The zero-order chi connectivity index (χ0) is 10.8. The number of nitrogens with one attached hydrogen (secondary N) is 1. The lowest BCUT2D eigenvalue weighted by molar-refractivity contribution is 0.171.